The molecule has 52 heavy (non-hydrogen) atoms. The number of allylic oxidation sites excluding steroid dienone is 1. The number of nitrogens with zero attached hydrogens (tertiary/aromatic N) is 6. The molecule has 1 saturated carbocycles. The molecule has 1 amide bonds. The molecular weight excluding hydrogens is 671 g/mol. The summed E-state index contributed by atoms with van der Waals surface area (Å²) in [5.41, 5.74) is 1.64. The first-order valence-corrected chi connectivity index (χ1v) is 17.5. The number of nitriles is 1. The number of rotatable bonds is 13. The van der Waals surface area contributed by atoms with Crippen LogP contribution in [0.15, 0.2) is 87.7 Å². The summed E-state index contributed by atoms with van der Waals surface area (Å²) >= 11 is 0. The maximum absolute atomic E-state index is 14.0. The fraction of sp³-hybridized carbons (Fsp3) is 0.410. The highest BCUT2D eigenvalue weighted by atomic mass is 19.4. The summed E-state index contributed by atoms with van der Waals surface area (Å²) in [6.07, 6.45) is 3.04. The van der Waals surface area contributed by atoms with Crippen LogP contribution in [0, 0.1) is 30.1 Å². The van der Waals surface area contributed by atoms with Gasteiger partial charge in [0, 0.05) is 31.5 Å². The third-order valence-corrected chi connectivity index (χ3v) is 9.64. The van der Waals surface area contributed by atoms with Gasteiger partial charge in [0.2, 0.25) is 0 Å². The minimum Gasteiger partial charge on any atom is -0.511 e. The number of nitrogens with two attached hydrogens (primary N) is 1. The Morgan fingerprint density at radius 1 is 1.10 bits per heavy atom. The van der Waals surface area contributed by atoms with Gasteiger partial charge in [0.15, 0.2) is 0 Å². The molecule has 4 aromatic rings. The zero-order chi connectivity index (χ0) is 37.5. The number of alkyl halides is 3. The summed E-state index contributed by atoms with van der Waals surface area (Å²) in [7, 11) is 5.93. The standard InChI is InChI=1S/C39H44F3N7O3/c1-26-21-32(47-52-26)25-49(3,4)24-29-13-11-27(12-14-29)7-5-10-35(50)36(38(51)46-31-9-6-8-30(22-31)39(40,41)42)37(44-2)34-19-20-45-48(34)33-17-15-28(23-43)16-18-33/h6,8-9,15-22,27,29H,5,7,10-14,24-25H2,1-4H3,(H-,44,46,50,51)/p+2. The first-order valence-electron chi connectivity index (χ1n) is 17.5. The molecule has 0 atom stereocenters. The minimum absolute atomic E-state index is 0.0517. The van der Waals surface area contributed by atoms with Gasteiger partial charge in [0.05, 0.1) is 55.4 Å². The van der Waals surface area contributed by atoms with E-state index in [0.29, 0.717) is 35.2 Å². The summed E-state index contributed by atoms with van der Waals surface area (Å²) in [6.45, 7) is 3.76. The Kier molecular flexibility index (Phi) is 12.1. The largest absolute Gasteiger partial charge is 0.511 e. The quantitative estimate of drug-likeness (QED) is 0.0505. The number of quaternary nitrogens is 2. The second-order valence-corrected chi connectivity index (χ2v) is 14.3. The lowest BCUT2D eigenvalue weighted by Crippen LogP contribution is -2.83. The van der Waals surface area contributed by atoms with Crippen LogP contribution in [0.1, 0.15) is 73.2 Å². The highest BCUT2D eigenvalue weighted by Crippen LogP contribution is 2.34. The van der Waals surface area contributed by atoms with E-state index < -0.39 is 17.6 Å². The molecule has 5 rings (SSSR count). The molecule has 2 aromatic heterocycles. The van der Waals surface area contributed by atoms with Gasteiger partial charge in [-0.05, 0) is 87.4 Å². The lowest BCUT2D eigenvalue weighted by Gasteiger charge is -2.36. The third kappa shape index (κ3) is 9.83. The van der Waals surface area contributed by atoms with Crippen molar-refractivity contribution in [2.24, 2.45) is 16.8 Å². The molecule has 2 aromatic carbocycles. The van der Waals surface area contributed by atoms with Crippen LogP contribution >= 0.6 is 0 Å². The topological polar surface area (TPSA) is 134 Å². The smallest absolute Gasteiger partial charge is 0.416 e. The molecule has 0 aliphatic heterocycles. The zero-order valence-electron chi connectivity index (χ0n) is 30.0. The van der Waals surface area contributed by atoms with E-state index >= 15 is 0 Å². The monoisotopic (exact) mass is 717 g/mol. The van der Waals surface area contributed by atoms with Gasteiger partial charge in [-0.2, -0.15) is 23.5 Å². The van der Waals surface area contributed by atoms with E-state index in [1.54, 1.807) is 35.0 Å². The molecule has 0 spiro atoms. The van der Waals surface area contributed by atoms with E-state index in [1.807, 2.05) is 13.0 Å². The molecule has 2 heterocycles. The molecule has 0 radical (unpaired) electrons. The van der Waals surface area contributed by atoms with E-state index in [2.05, 4.69) is 35.4 Å². The summed E-state index contributed by atoms with van der Waals surface area (Å²) in [6, 6.07) is 16.9. The number of carbonyl (C=O) groups excluding carboxylic acids is 1. The SMILES string of the molecule is CN=C(/C(C(=O)[NH2+]c1cccc(C(F)(F)F)c1)=C(\O)CCCC1CCC(C[N+](C)(C)Cc2cc(C)on2)CC1)c1ccnn1-c1ccc(C#N)cc1. The van der Waals surface area contributed by atoms with Crippen LogP contribution in [0.2, 0.25) is 0 Å². The fourth-order valence-electron chi connectivity index (χ4n) is 7.22. The maximum Gasteiger partial charge on any atom is 0.416 e. The van der Waals surface area contributed by atoms with E-state index in [4.69, 9.17) is 4.52 Å². The fourth-order valence-corrected chi connectivity index (χ4v) is 7.22. The molecule has 0 unspecified atom stereocenters. The van der Waals surface area contributed by atoms with Crippen LogP contribution in [0.5, 0.6) is 0 Å². The Balaban J connectivity index is 1.30. The van der Waals surface area contributed by atoms with Gasteiger partial charge in [-0.15, -0.1) is 0 Å². The molecule has 0 bridgehead atoms. The molecule has 274 valence electrons. The second-order valence-electron chi connectivity index (χ2n) is 14.3. The molecular formula is C39H46F3N7O3+2. The van der Waals surface area contributed by atoms with Crippen molar-refractivity contribution in [3.63, 3.8) is 0 Å². The first-order chi connectivity index (χ1) is 24.8. The Morgan fingerprint density at radius 3 is 2.44 bits per heavy atom. The van der Waals surface area contributed by atoms with Crippen LogP contribution in [0.3, 0.4) is 0 Å². The molecule has 10 nitrogen and oxygen atoms in total. The highest BCUT2D eigenvalue weighted by molar-refractivity contribution is 6.26. The van der Waals surface area contributed by atoms with Crippen molar-refractivity contribution >= 4 is 17.3 Å². The Hall–Kier alpha value is -5.06. The second kappa shape index (κ2) is 16.5. The van der Waals surface area contributed by atoms with Crippen molar-refractivity contribution in [1.29, 1.82) is 5.26 Å². The number of aryl methyl sites for hydroxylation is 1. The van der Waals surface area contributed by atoms with Gasteiger partial charge in [-0.1, -0.05) is 17.6 Å². The number of primary amides is 1. The van der Waals surface area contributed by atoms with Crippen molar-refractivity contribution in [1.82, 2.24) is 14.9 Å². The van der Waals surface area contributed by atoms with Crippen molar-refractivity contribution in [2.45, 2.75) is 64.6 Å². The van der Waals surface area contributed by atoms with Crippen LogP contribution in [-0.4, -0.2) is 63.8 Å². The number of halogens is 3. The first kappa shape index (κ1) is 38.2. The average Bonchev–Trinajstić information content (AvgIpc) is 3.75. The number of amides is 1. The molecule has 13 heteroatoms. The number of carbonyl (C=O) groups is 1. The number of hydrogen-bond acceptors (Lipinski definition) is 7. The number of hydrogen-bond donors (Lipinski definition) is 2. The number of aliphatic imine (C=N–C) groups is 1. The van der Waals surface area contributed by atoms with Crippen LogP contribution in [-0.2, 0) is 17.5 Å². The van der Waals surface area contributed by atoms with Crippen molar-refractivity contribution in [3.8, 4) is 11.8 Å². The Bertz CT molecular complexity index is 1940. The predicted molar refractivity (Wildman–Crippen MR) is 190 cm³/mol. The van der Waals surface area contributed by atoms with Gasteiger partial charge in [0.1, 0.15) is 40.7 Å². The number of benzene rings is 2. The average molecular weight is 718 g/mol. The van der Waals surface area contributed by atoms with Gasteiger partial charge in [0.25, 0.3) is 0 Å². The van der Waals surface area contributed by atoms with E-state index in [9.17, 15) is 28.3 Å². The van der Waals surface area contributed by atoms with E-state index in [0.717, 1.165) is 78.6 Å². The van der Waals surface area contributed by atoms with Crippen LogP contribution in [0.4, 0.5) is 18.9 Å². The third-order valence-electron chi connectivity index (χ3n) is 9.64. The van der Waals surface area contributed by atoms with Gasteiger partial charge < -0.3 is 14.1 Å². The van der Waals surface area contributed by atoms with Crippen LogP contribution in [0.25, 0.3) is 5.69 Å². The molecule has 0 saturated heterocycles. The van der Waals surface area contributed by atoms with Crippen LogP contribution < -0.4 is 5.32 Å². The van der Waals surface area contributed by atoms with E-state index in [1.165, 1.54) is 25.4 Å². The Morgan fingerprint density at radius 2 is 1.81 bits per heavy atom. The molecule has 1 aliphatic carbocycles. The summed E-state index contributed by atoms with van der Waals surface area (Å²) in [5, 5.41) is 30.5. The van der Waals surface area contributed by atoms with Crippen molar-refractivity contribution in [3.05, 3.63) is 106 Å². The maximum atomic E-state index is 14.0. The lowest BCUT2D eigenvalue weighted by atomic mass is 9.79. The normalized spacial score (nSPS) is 17.5. The van der Waals surface area contributed by atoms with E-state index in [-0.39, 0.29) is 29.2 Å². The molecule has 3 N–H and O–H groups in total. The highest BCUT2D eigenvalue weighted by Gasteiger charge is 2.33. The summed E-state index contributed by atoms with van der Waals surface area (Å²) in [4.78, 5) is 18.4. The van der Waals surface area contributed by atoms with Crippen molar-refractivity contribution < 1.29 is 37.4 Å². The summed E-state index contributed by atoms with van der Waals surface area (Å²) < 4.78 is 48.1. The Labute approximate surface area is 301 Å². The summed E-state index contributed by atoms with van der Waals surface area (Å²) in [5.74, 6) is 1.05. The number of aliphatic hydroxyl groups is 1. The lowest BCUT2D eigenvalue weighted by molar-refractivity contribution is -0.907. The van der Waals surface area contributed by atoms with Gasteiger partial charge >= 0.3 is 12.1 Å². The van der Waals surface area contributed by atoms with Gasteiger partial charge in [-0.3, -0.25) is 4.99 Å². The zero-order valence-corrected chi connectivity index (χ0v) is 30.0. The molecule has 1 aliphatic rings. The van der Waals surface area contributed by atoms with Gasteiger partial charge in [-0.25, -0.2) is 14.8 Å². The number of aliphatic hydroxyl groups excluding tert-OH is 1. The minimum atomic E-state index is -4.58. The number of aromatic nitrogens is 3. The van der Waals surface area contributed by atoms with Crippen molar-refractivity contribution in [2.75, 3.05) is 27.7 Å². The predicted octanol–water partition coefficient (Wildman–Crippen LogP) is 6.97. The molecule has 1 fully saturated rings.